The lowest BCUT2D eigenvalue weighted by molar-refractivity contribution is 0.267. The van der Waals surface area contributed by atoms with Crippen molar-refractivity contribution in [2.45, 2.75) is 83.3 Å². The third-order valence-electron chi connectivity index (χ3n) is 4.85. The molecule has 0 aliphatic heterocycles. The van der Waals surface area contributed by atoms with Gasteiger partial charge in [0.2, 0.25) is 0 Å². The molecule has 0 saturated heterocycles. The van der Waals surface area contributed by atoms with Gasteiger partial charge in [0, 0.05) is 30.1 Å². The van der Waals surface area contributed by atoms with Crippen molar-refractivity contribution in [2.75, 3.05) is 12.3 Å². The van der Waals surface area contributed by atoms with Gasteiger partial charge in [0.1, 0.15) is 10.6 Å². The molecule has 0 amide bonds. The number of hydrogen-bond acceptors (Lipinski definition) is 5. The quantitative estimate of drug-likeness (QED) is 0.509. The maximum absolute atomic E-state index is 12.6. The summed E-state index contributed by atoms with van der Waals surface area (Å²) < 4.78 is 21.8. The molecule has 0 unspecified atom stereocenters. The minimum absolute atomic E-state index is 0.0223. The van der Waals surface area contributed by atoms with Crippen molar-refractivity contribution in [3.8, 4) is 0 Å². The summed E-state index contributed by atoms with van der Waals surface area (Å²) in [6.07, 6.45) is 1.46. The number of nitrogens with zero attached hydrogens (tertiary/aromatic N) is 1. The van der Waals surface area contributed by atoms with Crippen molar-refractivity contribution in [2.24, 2.45) is 0 Å². The van der Waals surface area contributed by atoms with E-state index in [2.05, 4.69) is 43.6 Å². The van der Waals surface area contributed by atoms with E-state index in [0.29, 0.717) is 18.8 Å². The van der Waals surface area contributed by atoms with E-state index in [4.69, 9.17) is 10.2 Å². The number of rotatable bonds is 8. The van der Waals surface area contributed by atoms with E-state index in [1.807, 2.05) is 32.9 Å². The Balaban J connectivity index is 2.77. The summed E-state index contributed by atoms with van der Waals surface area (Å²) in [5.41, 5.74) is 6.70. The van der Waals surface area contributed by atoms with Gasteiger partial charge in [-0.05, 0) is 57.5 Å². The molecule has 150 valence electrons. The molecule has 0 bridgehead atoms. The fraction of sp³-hybridized carbons (Fsp3) is 0.737. The van der Waals surface area contributed by atoms with E-state index in [1.165, 1.54) is 0 Å². The zero-order chi connectivity index (χ0) is 20.2. The first-order valence-corrected chi connectivity index (χ1v) is 13.3. The minimum Gasteiger partial charge on any atom is -0.598 e. The Labute approximate surface area is 163 Å². The lowest BCUT2D eigenvalue weighted by atomic mass is 10.1. The van der Waals surface area contributed by atoms with Crippen molar-refractivity contribution in [3.05, 3.63) is 23.9 Å². The summed E-state index contributed by atoms with van der Waals surface area (Å²) in [4.78, 5) is 4.39. The SMILES string of the molecule is CC(C)(C)[S@@+]([O-])N[C@@H](CCO[Si](C)(C)C(C)(C)C)Cc1cccc(N)n1. The van der Waals surface area contributed by atoms with E-state index in [-0.39, 0.29) is 15.8 Å². The Morgan fingerprint density at radius 3 is 2.35 bits per heavy atom. The van der Waals surface area contributed by atoms with Crippen LogP contribution in [0.1, 0.15) is 53.7 Å². The molecule has 3 N–H and O–H groups in total. The Morgan fingerprint density at radius 2 is 1.85 bits per heavy atom. The van der Waals surface area contributed by atoms with E-state index in [1.54, 1.807) is 6.07 Å². The van der Waals surface area contributed by atoms with Gasteiger partial charge in [0.25, 0.3) is 0 Å². The van der Waals surface area contributed by atoms with Crippen LogP contribution in [0.15, 0.2) is 18.2 Å². The van der Waals surface area contributed by atoms with Crippen molar-refractivity contribution in [1.82, 2.24) is 9.71 Å². The molecule has 0 spiro atoms. The summed E-state index contributed by atoms with van der Waals surface area (Å²) >= 11 is -1.14. The van der Waals surface area contributed by atoms with Crippen LogP contribution in [-0.2, 0) is 22.2 Å². The Kier molecular flexibility index (Phi) is 8.17. The van der Waals surface area contributed by atoms with Gasteiger partial charge in [-0.2, -0.15) is 0 Å². The van der Waals surface area contributed by atoms with Gasteiger partial charge in [-0.25, -0.2) is 4.98 Å². The van der Waals surface area contributed by atoms with Gasteiger partial charge < -0.3 is 14.7 Å². The molecule has 7 heteroatoms. The first-order chi connectivity index (χ1) is 11.7. The summed E-state index contributed by atoms with van der Waals surface area (Å²) in [6, 6.07) is 5.66. The van der Waals surface area contributed by atoms with Crippen LogP contribution >= 0.6 is 0 Å². The lowest BCUT2D eigenvalue weighted by Crippen LogP contribution is -2.47. The van der Waals surface area contributed by atoms with Crippen molar-refractivity contribution >= 4 is 25.5 Å². The summed E-state index contributed by atoms with van der Waals surface area (Å²) in [5.74, 6) is 0.510. The second-order valence-electron chi connectivity index (χ2n) is 9.35. The molecule has 0 aromatic carbocycles. The highest BCUT2D eigenvalue weighted by Crippen LogP contribution is 2.36. The summed E-state index contributed by atoms with van der Waals surface area (Å²) in [5, 5.41) is 0.180. The standard InChI is InChI=1S/C19H37N3O2SSi/c1-18(2,3)25(23)22-16(14-15-10-9-11-17(20)21-15)12-13-24-26(7,8)19(4,5)6/h9-11,16,22H,12-14H2,1-8H3,(H2,20,21)/t16-,25+/m0/s1. The number of nitrogen functional groups attached to an aromatic ring is 1. The molecule has 1 heterocycles. The first kappa shape index (κ1) is 23.4. The second kappa shape index (κ2) is 9.06. The zero-order valence-electron chi connectivity index (χ0n) is 17.7. The number of pyridine rings is 1. The van der Waals surface area contributed by atoms with Crippen LogP contribution in [0.3, 0.4) is 0 Å². The van der Waals surface area contributed by atoms with Crippen molar-refractivity contribution < 1.29 is 8.98 Å². The third-order valence-corrected chi connectivity index (χ3v) is 11.0. The van der Waals surface area contributed by atoms with E-state index in [9.17, 15) is 4.55 Å². The van der Waals surface area contributed by atoms with Gasteiger partial charge in [0.15, 0.2) is 8.32 Å². The second-order valence-corrected chi connectivity index (χ2v) is 16.2. The molecule has 0 fully saturated rings. The van der Waals surface area contributed by atoms with E-state index in [0.717, 1.165) is 12.1 Å². The number of hydrogen-bond donors (Lipinski definition) is 2. The van der Waals surface area contributed by atoms with Gasteiger partial charge in [-0.1, -0.05) is 26.8 Å². The molecular formula is C19H37N3O2SSi. The van der Waals surface area contributed by atoms with Crippen LogP contribution in [0.25, 0.3) is 0 Å². The van der Waals surface area contributed by atoms with Crippen molar-refractivity contribution in [3.63, 3.8) is 0 Å². The van der Waals surface area contributed by atoms with Crippen LogP contribution in [0.2, 0.25) is 18.1 Å². The first-order valence-electron chi connectivity index (χ1n) is 9.26. The fourth-order valence-corrected chi connectivity index (χ4v) is 3.99. The van der Waals surface area contributed by atoms with Crippen LogP contribution in [0.5, 0.6) is 0 Å². The Hall–Kier alpha value is -0.603. The lowest BCUT2D eigenvalue weighted by Gasteiger charge is -2.36. The molecule has 0 aliphatic rings. The monoisotopic (exact) mass is 399 g/mol. The molecule has 0 radical (unpaired) electrons. The third kappa shape index (κ3) is 7.56. The average molecular weight is 400 g/mol. The van der Waals surface area contributed by atoms with Crippen LogP contribution < -0.4 is 10.5 Å². The normalized spacial score (nSPS) is 15.7. The maximum Gasteiger partial charge on any atom is 0.191 e. The maximum atomic E-state index is 12.6. The Bertz CT molecular complexity index is 571. The Morgan fingerprint density at radius 1 is 1.23 bits per heavy atom. The zero-order valence-corrected chi connectivity index (χ0v) is 19.5. The summed E-state index contributed by atoms with van der Waals surface area (Å²) in [7, 11) is -1.79. The number of nitrogens with one attached hydrogen (secondary N) is 1. The largest absolute Gasteiger partial charge is 0.598 e. The van der Waals surface area contributed by atoms with Crippen LogP contribution in [-0.4, -0.2) is 35.2 Å². The van der Waals surface area contributed by atoms with Crippen LogP contribution in [0.4, 0.5) is 5.82 Å². The van der Waals surface area contributed by atoms with Crippen LogP contribution in [0, 0.1) is 0 Å². The molecule has 2 atom stereocenters. The highest BCUT2D eigenvalue weighted by molar-refractivity contribution is 7.90. The topological polar surface area (TPSA) is 83.2 Å². The molecule has 1 aromatic rings. The van der Waals surface area contributed by atoms with Gasteiger partial charge in [-0.15, -0.1) is 4.72 Å². The van der Waals surface area contributed by atoms with Crippen molar-refractivity contribution in [1.29, 1.82) is 0 Å². The molecule has 0 saturated carbocycles. The predicted molar refractivity (Wildman–Crippen MR) is 115 cm³/mol. The fourth-order valence-electron chi connectivity index (χ4n) is 2.07. The predicted octanol–water partition coefficient (Wildman–Crippen LogP) is 4.04. The number of anilines is 1. The molecule has 1 aromatic heterocycles. The molecular weight excluding hydrogens is 362 g/mol. The van der Waals surface area contributed by atoms with E-state index < -0.39 is 19.7 Å². The molecule has 5 nitrogen and oxygen atoms in total. The van der Waals surface area contributed by atoms with Gasteiger partial charge in [-0.3, -0.25) is 0 Å². The molecule has 1 rings (SSSR count). The van der Waals surface area contributed by atoms with Gasteiger partial charge in [0.05, 0.1) is 6.04 Å². The smallest absolute Gasteiger partial charge is 0.191 e. The molecule has 0 aliphatic carbocycles. The molecule has 26 heavy (non-hydrogen) atoms. The average Bonchev–Trinajstić information content (AvgIpc) is 2.44. The van der Waals surface area contributed by atoms with E-state index >= 15 is 0 Å². The highest BCUT2D eigenvalue weighted by atomic mass is 32.2. The minimum atomic E-state index is -1.79. The number of nitrogens with two attached hydrogens (primary N) is 1. The number of aromatic nitrogens is 1. The summed E-state index contributed by atoms with van der Waals surface area (Å²) in [6.45, 7) is 17.8. The highest BCUT2D eigenvalue weighted by Gasteiger charge is 2.37. The van der Waals surface area contributed by atoms with Gasteiger partial charge >= 0.3 is 0 Å².